The molecule has 0 radical (unpaired) electrons. The third-order valence-electron chi connectivity index (χ3n) is 6.25. The highest BCUT2D eigenvalue weighted by Crippen LogP contribution is 2.48. The Bertz CT molecular complexity index is 827. The second-order valence-corrected chi connectivity index (χ2v) is 10.6. The number of fused-ring (bicyclic) bond motifs is 2. The van der Waals surface area contributed by atoms with E-state index in [1.165, 1.54) is 0 Å². The highest BCUT2D eigenvalue weighted by Gasteiger charge is 2.45. The van der Waals surface area contributed by atoms with Crippen LogP contribution in [0.15, 0.2) is 27.7 Å². The predicted molar refractivity (Wildman–Crippen MR) is 121 cm³/mol. The highest BCUT2D eigenvalue weighted by molar-refractivity contribution is 9.10. The Morgan fingerprint density at radius 2 is 2.38 bits per heavy atom. The number of carbonyl (C=O) groups excluding carboxylic acids is 1. The van der Waals surface area contributed by atoms with Gasteiger partial charge in [-0.05, 0) is 64.3 Å². The molecule has 6 nitrogen and oxygen atoms in total. The molecule has 1 aromatic rings. The van der Waals surface area contributed by atoms with Crippen LogP contribution in [0.4, 0.5) is 0 Å². The van der Waals surface area contributed by atoms with Crippen molar-refractivity contribution in [2.75, 3.05) is 12.3 Å². The second kappa shape index (κ2) is 8.12. The van der Waals surface area contributed by atoms with Gasteiger partial charge < -0.3 is 21.1 Å². The molecule has 3 aliphatic rings. The number of nitrogens with zero attached hydrogens (tertiary/aromatic N) is 1. The van der Waals surface area contributed by atoms with E-state index in [-0.39, 0.29) is 23.6 Å². The summed E-state index contributed by atoms with van der Waals surface area (Å²) in [5, 5.41) is 7.16. The number of halogens is 1. The molecular weight excluding hydrogens is 452 g/mol. The quantitative estimate of drug-likeness (QED) is 0.601. The molecule has 1 spiro atoms. The van der Waals surface area contributed by atoms with Gasteiger partial charge in [0.25, 0.3) is 0 Å². The van der Waals surface area contributed by atoms with E-state index in [1.54, 1.807) is 11.8 Å². The summed E-state index contributed by atoms with van der Waals surface area (Å²) in [6, 6.07) is 6.22. The van der Waals surface area contributed by atoms with Crippen molar-refractivity contribution < 1.29 is 9.53 Å². The van der Waals surface area contributed by atoms with Gasteiger partial charge in [-0.1, -0.05) is 27.7 Å². The summed E-state index contributed by atoms with van der Waals surface area (Å²) in [4.78, 5) is 17.4. The Morgan fingerprint density at radius 1 is 1.55 bits per heavy atom. The molecule has 158 valence electrons. The Hall–Kier alpha value is -1.25. The van der Waals surface area contributed by atoms with Crippen LogP contribution < -0.4 is 21.1 Å². The molecule has 1 fully saturated rings. The van der Waals surface area contributed by atoms with E-state index >= 15 is 0 Å². The number of amides is 1. The van der Waals surface area contributed by atoms with Crippen LogP contribution in [0.3, 0.4) is 0 Å². The number of carbonyl (C=O) groups is 1. The summed E-state index contributed by atoms with van der Waals surface area (Å²) in [6.07, 6.45) is 4.53. The van der Waals surface area contributed by atoms with E-state index in [0.29, 0.717) is 5.17 Å². The van der Waals surface area contributed by atoms with Gasteiger partial charge in [-0.3, -0.25) is 9.79 Å². The van der Waals surface area contributed by atoms with Crippen molar-refractivity contribution in [3.8, 4) is 5.75 Å². The second-order valence-electron chi connectivity index (χ2n) is 8.67. The van der Waals surface area contributed by atoms with Crippen LogP contribution in [0.1, 0.15) is 51.5 Å². The molecule has 1 amide bonds. The number of hydrogen-bond acceptors (Lipinski definition) is 6. The minimum Gasteiger partial charge on any atom is -0.490 e. The lowest BCUT2D eigenvalue weighted by molar-refractivity contribution is -0.127. The van der Waals surface area contributed by atoms with E-state index in [0.717, 1.165) is 60.2 Å². The van der Waals surface area contributed by atoms with E-state index in [1.807, 2.05) is 19.1 Å². The average Bonchev–Trinajstić information content (AvgIpc) is 3.28. The molecule has 1 aromatic carbocycles. The molecule has 0 aliphatic carbocycles. The maximum Gasteiger partial charge on any atom is 0.240 e. The molecule has 4 rings (SSSR count). The molecule has 3 aliphatic heterocycles. The molecule has 8 heteroatoms. The van der Waals surface area contributed by atoms with Gasteiger partial charge in [0.15, 0.2) is 5.17 Å². The molecule has 4 N–H and O–H groups in total. The third-order valence-corrected chi connectivity index (χ3v) is 7.76. The Kier molecular flexibility index (Phi) is 5.88. The molecule has 2 unspecified atom stereocenters. The van der Waals surface area contributed by atoms with Crippen molar-refractivity contribution in [1.29, 1.82) is 0 Å². The van der Waals surface area contributed by atoms with Gasteiger partial charge in [0.05, 0.1) is 5.54 Å². The van der Waals surface area contributed by atoms with Gasteiger partial charge in [0.2, 0.25) is 5.91 Å². The molecule has 1 saturated heterocycles. The summed E-state index contributed by atoms with van der Waals surface area (Å²) in [6.45, 7) is 4.97. The SMILES string of the molecule is CC(CC[C@H]1CC2(CSC(N)=N2)c2cc(Br)ccc2O1)NC(=O)[C@@]1(C)CCCN1. The van der Waals surface area contributed by atoms with E-state index < -0.39 is 5.54 Å². The van der Waals surface area contributed by atoms with Crippen LogP contribution in [0.2, 0.25) is 0 Å². The van der Waals surface area contributed by atoms with Gasteiger partial charge in [0.1, 0.15) is 17.4 Å². The highest BCUT2D eigenvalue weighted by atomic mass is 79.9. The lowest BCUT2D eigenvalue weighted by atomic mass is 9.82. The largest absolute Gasteiger partial charge is 0.490 e. The first-order valence-electron chi connectivity index (χ1n) is 10.3. The number of hydrogen-bond donors (Lipinski definition) is 3. The fraction of sp³-hybridized carbons (Fsp3) is 0.619. The summed E-state index contributed by atoms with van der Waals surface area (Å²) in [5.74, 6) is 1.84. The number of nitrogens with two attached hydrogens (primary N) is 1. The molecule has 0 aromatic heterocycles. The van der Waals surface area contributed by atoms with Gasteiger partial charge in [-0.15, -0.1) is 0 Å². The Labute approximate surface area is 184 Å². The van der Waals surface area contributed by atoms with E-state index in [4.69, 9.17) is 15.5 Å². The fourth-order valence-corrected chi connectivity index (χ4v) is 5.85. The van der Waals surface area contributed by atoms with E-state index in [2.05, 4.69) is 39.6 Å². The Morgan fingerprint density at radius 3 is 3.07 bits per heavy atom. The normalized spacial score (nSPS) is 31.8. The number of rotatable bonds is 5. The molecule has 0 bridgehead atoms. The fourth-order valence-electron chi connectivity index (χ4n) is 4.53. The molecule has 3 heterocycles. The van der Waals surface area contributed by atoms with Crippen molar-refractivity contribution in [1.82, 2.24) is 10.6 Å². The maximum atomic E-state index is 12.6. The van der Waals surface area contributed by atoms with Crippen molar-refractivity contribution in [3.05, 3.63) is 28.2 Å². The first kappa shape index (κ1) is 21.0. The van der Waals surface area contributed by atoms with Crippen LogP contribution in [0, 0.1) is 0 Å². The molecule has 0 saturated carbocycles. The lowest BCUT2D eigenvalue weighted by Gasteiger charge is -2.38. The number of nitrogens with one attached hydrogen (secondary N) is 2. The minimum atomic E-state index is -0.431. The number of ether oxygens (including phenoxy) is 1. The van der Waals surface area contributed by atoms with Gasteiger partial charge in [-0.25, -0.2) is 0 Å². The third kappa shape index (κ3) is 4.30. The average molecular weight is 481 g/mol. The summed E-state index contributed by atoms with van der Waals surface area (Å²) < 4.78 is 7.34. The first-order chi connectivity index (χ1) is 13.8. The molecular formula is C21H29BrN4O2S. The summed E-state index contributed by atoms with van der Waals surface area (Å²) >= 11 is 5.18. The Balaban J connectivity index is 1.41. The number of thioether (sulfide) groups is 1. The van der Waals surface area contributed by atoms with Crippen molar-refractivity contribution in [2.45, 2.75) is 69.2 Å². The van der Waals surface area contributed by atoms with Crippen molar-refractivity contribution >= 4 is 38.8 Å². The number of aliphatic imine (C=N–C) groups is 1. The van der Waals surface area contributed by atoms with E-state index in [9.17, 15) is 4.79 Å². The van der Waals surface area contributed by atoms with Gasteiger partial charge in [0, 0.05) is 28.3 Å². The van der Waals surface area contributed by atoms with Crippen molar-refractivity contribution in [3.63, 3.8) is 0 Å². The van der Waals surface area contributed by atoms with Gasteiger partial charge in [-0.2, -0.15) is 0 Å². The molecule has 4 atom stereocenters. The minimum absolute atomic E-state index is 0.0541. The monoisotopic (exact) mass is 480 g/mol. The number of amidine groups is 1. The standard InChI is InChI=1S/C21H29BrN4O2S/c1-13(25-18(27)20(2)8-3-9-24-20)4-6-15-11-21(12-29-19(23)26-21)16-10-14(22)5-7-17(16)28-15/h5,7,10,13,15,24H,3-4,6,8-9,11-12H2,1-2H3,(H2,23,26)(H,25,27)/t13?,15-,20+,21?/m0/s1. The lowest BCUT2D eigenvalue weighted by Crippen LogP contribution is -2.53. The van der Waals surface area contributed by atoms with Crippen LogP contribution in [-0.2, 0) is 10.3 Å². The maximum absolute atomic E-state index is 12.6. The number of benzene rings is 1. The topological polar surface area (TPSA) is 88.7 Å². The van der Waals surface area contributed by atoms with Crippen LogP contribution in [0.5, 0.6) is 5.75 Å². The van der Waals surface area contributed by atoms with Crippen LogP contribution in [0.25, 0.3) is 0 Å². The predicted octanol–water partition coefficient (Wildman–Crippen LogP) is 3.28. The molecule has 29 heavy (non-hydrogen) atoms. The first-order valence-corrected chi connectivity index (χ1v) is 12.1. The summed E-state index contributed by atoms with van der Waals surface area (Å²) in [7, 11) is 0. The summed E-state index contributed by atoms with van der Waals surface area (Å²) in [5.41, 5.74) is 6.40. The van der Waals surface area contributed by atoms with Gasteiger partial charge >= 0.3 is 0 Å². The van der Waals surface area contributed by atoms with Crippen LogP contribution >= 0.6 is 27.7 Å². The van der Waals surface area contributed by atoms with Crippen LogP contribution in [-0.4, -0.2) is 41.1 Å². The smallest absolute Gasteiger partial charge is 0.240 e. The zero-order chi connectivity index (χ0) is 20.6. The zero-order valence-electron chi connectivity index (χ0n) is 17.0. The van der Waals surface area contributed by atoms with Crippen molar-refractivity contribution in [2.24, 2.45) is 10.7 Å². The zero-order valence-corrected chi connectivity index (χ0v) is 19.4.